The maximum Gasteiger partial charge on any atom is 0.334 e. The highest BCUT2D eigenvalue weighted by atomic mass is 16.5. The molecule has 0 aromatic carbocycles. The van der Waals surface area contributed by atoms with Crippen molar-refractivity contribution in [2.45, 2.75) is 59.3 Å². The number of ether oxygens (including phenoxy) is 3. The number of esters is 3. The lowest BCUT2D eigenvalue weighted by Gasteiger charge is -2.36. The monoisotopic (exact) mass is 718 g/mol. The molecule has 3 aromatic rings. The Morgan fingerprint density at radius 2 is 1.51 bits per heavy atom. The minimum Gasteiger partial charge on any atom is -0.481 e. The summed E-state index contributed by atoms with van der Waals surface area (Å²) in [5, 5.41) is 9.67. The number of aromatic amines is 2. The summed E-state index contributed by atoms with van der Waals surface area (Å²) >= 11 is 0. The molecule has 0 spiro atoms. The van der Waals surface area contributed by atoms with Gasteiger partial charge in [-0.25, -0.2) is 9.78 Å². The topological polar surface area (TPSA) is 174 Å². The van der Waals surface area contributed by atoms with Crippen LogP contribution in [0.2, 0.25) is 0 Å². The Bertz CT molecular complexity index is 2370. The van der Waals surface area contributed by atoms with E-state index >= 15 is 0 Å². The van der Waals surface area contributed by atoms with Gasteiger partial charge in [-0.15, -0.1) is 0 Å². The second-order valence-corrected chi connectivity index (χ2v) is 13.5. The summed E-state index contributed by atoms with van der Waals surface area (Å²) in [6, 6.07) is 7.58. The first-order chi connectivity index (χ1) is 25.3. The molecule has 1 aliphatic carbocycles. The number of carbonyl (C=O) groups is 4. The SMILES string of the molecule is C=Cc1c(C)c2cc3nc(cc4[nH]c(cc5nc(cc1[nH]2)C(C)=C5CCC(=O)OC)c(CCC(=O)O)c4C)C1C3=CC=C(C(=O)OC)[C@@]1(C)C(=O)OC. The van der Waals surface area contributed by atoms with Crippen LogP contribution in [0.1, 0.15) is 84.1 Å². The zero-order valence-electron chi connectivity index (χ0n) is 30.9. The number of aromatic nitrogens is 4. The molecule has 0 radical (unpaired) electrons. The number of methoxy groups -OCH3 is 3. The number of hydrogen-bond acceptors (Lipinski definition) is 9. The highest BCUT2D eigenvalue weighted by Crippen LogP contribution is 2.54. The van der Waals surface area contributed by atoms with Crippen molar-refractivity contribution in [1.82, 2.24) is 19.9 Å². The minimum atomic E-state index is -1.52. The predicted molar refractivity (Wildman–Crippen MR) is 201 cm³/mol. The number of aryl methyl sites for hydroxylation is 3. The van der Waals surface area contributed by atoms with Crippen molar-refractivity contribution >= 4 is 68.7 Å². The molecule has 0 saturated heterocycles. The third kappa shape index (κ3) is 6.28. The van der Waals surface area contributed by atoms with E-state index in [1.807, 2.05) is 45.0 Å². The molecule has 6 rings (SSSR count). The van der Waals surface area contributed by atoms with Crippen LogP contribution in [0.4, 0.5) is 0 Å². The van der Waals surface area contributed by atoms with E-state index in [4.69, 9.17) is 24.2 Å². The van der Waals surface area contributed by atoms with Gasteiger partial charge in [0.25, 0.3) is 0 Å². The van der Waals surface area contributed by atoms with Crippen LogP contribution in [0.25, 0.3) is 44.9 Å². The van der Waals surface area contributed by atoms with Crippen LogP contribution < -0.4 is 0 Å². The van der Waals surface area contributed by atoms with Crippen molar-refractivity contribution in [1.29, 1.82) is 0 Å². The average molecular weight is 719 g/mol. The van der Waals surface area contributed by atoms with Gasteiger partial charge in [0.1, 0.15) is 5.41 Å². The van der Waals surface area contributed by atoms with Gasteiger partial charge < -0.3 is 29.3 Å². The molecule has 3 aliphatic rings. The van der Waals surface area contributed by atoms with Crippen molar-refractivity contribution in [2.24, 2.45) is 5.41 Å². The molecule has 2 aliphatic heterocycles. The van der Waals surface area contributed by atoms with Gasteiger partial charge in [0.2, 0.25) is 0 Å². The molecule has 1 unspecified atom stereocenters. The van der Waals surface area contributed by atoms with Crippen molar-refractivity contribution in [2.75, 3.05) is 21.3 Å². The number of rotatable bonds is 9. The van der Waals surface area contributed by atoms with E-state index in [2.05, 4.69) is 16.5 Å². The lowest BCUT2D eigenvalue weighted by Crippen LogP contribution is -2.41. The van der Waals surface area contributed by atoms with Crippen LogP contribution in [0.3, 0.4) is 0 Å². The Kier molecular flexibility index (Phi) is 9.83. The highest BCUT2D eigenvalue weighted by Gasteiger charge is 2.54. The molecular formula is C41H42N4O8. The van der Waals surface area contributed by atoms with E-state index in [1.54, 1.807) is 25.2 Å². The van der Waals surface area contributed by atoms with Crippen molar-refractivity contribution in [3.05, 3.63) is 93.6 Å². The van der Waals surface area contributed by atoms with Gasteiger partial charge in [-0.3, -0.25) is 19.4 Å². The van der Waals surface area contributed by atoms with E-state index < -0.39 is 29.2 Å². The van der Waals surface area contributed by atoms with Gasteiger partial charge in [-0.1, -0.05) is 24.8 Å². The molecule has 5 heterocycles. The number of nitrogens with zero attached hydrogens (tertiary/aromatic N) is 2. The van der Waals surface area contributed by atoms with E-state index in [-0.39, 0.29) is 30.8 Å². The van der Waals surface area contributed by atoms with Crippen LogP contribution >= 0.6 is 0 Å². The third-order valence-electron chi connectivity index (χ3n) is 10.7. The van der Waals surface area contributed by atoms with Gasteiger partial charge in [-0.05, 0) is 98.2 Å². The van der Waals surface area contributed by atoms with Crippen molar-refractivity contribution < 1.29 is 38.5 Å². The molecule has 2 atom stereocenters. The molecule has 12 nitrogen and oxygen atoms in total. The molecule has 0 amide bonds. The second-order valence-electron chi connectivity index (χ2n) is 13.5. The van der Waals surface area contributed by atoms with Gasteiger partial charge in [-0.2, -0.15) is 0 Å². The fourth-order valence-corrected chi connectivity index (χ4v) is 7.69. The lowest BCUT2D eigenvalue weighted by molar-refractivity contribution is -0.153. The van der Waals surface area contributed by atoms with Gasteiger partial charge in [0.15, 0.2) is 0 Å². The molecule has 53 heavy (non-hydrogen) atoms. The number of allylic oxidation sites excluding steroid dienone is 5. The van der Waals surface area contributed by atoms with E-state index in [0.717, 1.165) is 44.4 Å². The summed E-state index contributed by atoms with van der Waals surface area (Å²) in [5.41, 5.74) is 9.60. The standard InChI is InChI=1S/C41H42N4O8/c1-9-23-20(2)28-17-34-26-10-13-27(39(49)52-7)41(5,40(50)53-8)38(26)35(45-34)18-30-21(3)24(11-14-36(46)47)32(44-30)19-33-25(12-15-37(48)51-6)22(4)29(43-33)16-31(23)42-28/h9-10,13,16-19,38,42,44H,1,11-12,14-15H2,2-8H3,(H,46,47)/t38?,41-/m1/s1. The Balaban J connectivity index is 1.76. The first-order valence-electron chi connectivity index (χ1n) is 17.2. The van der Waals surface area contributed by atoms with Crippen LogP contribution in [0.15, 0.2) is 48.6 Å². The third-order valence-corrected chi connectivity index (χ3v) is 10.7. The first kappa shape index (κ1) is 36.7. The van der Waals surface area contributed by atoms with E-state index in [9.17, 15) is 24.3 Å². The Hall–Kier alpha value is -6.04. The molecule has 3 aromatic heterocycles. The number of carbonyl (C=O) groups excluding carboxylic acids is 3. The summed E-state index contributed by atoms with van der Waals surface area (Å²) in [7, 11) is 3.90. The maximum absolute atomic E-state index is 13.8. The van der Waals surface area contributed by atoms with Crippen molar-refractivity contribution in [3.63, 3.8) is 0 Å². The molecular weight excluding hydrogens is 676 g/mol. The Morgan fingerprint density at radius 1 is 0.830 bits per heavy atom. The quantitative estimate of drug-likeness (QED) is 0.155. The fraction of sp³-hybridized carbons (Fsp3) is 0.317. The smallest absolute Gasteiger partial charge is 0.334 e. The molecule has 12 heteroatoms. The minimum absolute atomic E-state index is 0.115. The normalized spacial score (nSPS) is 17.8. The summed E-state index contributed by atoms with van der Waals surface area (Å²) in [6.07, 6.45) is 5.79. The zero-order valence-corrected chi connectivity index (χ0v) is 30.9. The van der Waals surface area contributed by atoms with Crippen LogP contribution in [-0.4, -0.2) is 70.2 Å². The number of carboxylic acids is 1. The molecule has 274 valence electrons. The van der Waals surface area contributed by atoms with E-state index in [0.29, 0.717) is 45.8 Å². The molecule has 8 bridgehead atoms. The zero-order chi connectivity index (χ0) is 38.4. The van der Waals surface area contributed by atoms with Crippen LogP contribution in [0.5, 0.6) is 0 Å². The number of H-pyrrole nitrogens is 2. The van der Waals surface area contributed by atoms with Gasteiger partial charge in [0, 0.05) is 46.4 Å². The van der Waals surface area contributed by atoms with Crippen LogP contribution in [0, 0.1) is 19.3 Å². The van der Waals surface area contributed by atoms with E-state index in [1.165, 1.54) is 21.3 Å². The van der Waals surface area contributed by atoms with Gasteiger partial charge >= 0.3 is 23.9 Å². The number of fused-ring (bicyclic) bond motifs is 11. The number of aliphatic carboxylic acids is 1. The summed E-state index contributed by atoms with van der Waals surface area (Å²) in [6.45, 7) is 11.6. The maximum atomic E-state index is 13.8. The average Bonchev–Trinajstić information content (AvgIpc) is 3.82. The van der Waals surface area contributed by atoms with Crippen molar-refractivity contribution in [3.8, 4) is 0 Å². The Labute approximate surface area is 306 Å². The lowest BCUT2D eigenvalue weighted by atomic mass is 9.64. The molecule has 0 fully saturated rings. The number of nitrogens with one attached hydrogen (secondary N) is 2. The molecule has 0 saturated carbocycles. The Morgan fingerprint density at radius 3 is 2.17 bits per heavy atom. The summed E-state index contributed by atoms with van der Waals surface area (Å²) in [4.78, 5) is 68.2. The number of hydrogen-bond donors (Lipinski definition) is 3. The second kappa shape index (κ2) is 14.2. The first-order valence-corrected chi connectivity index (χ1v) is 17.2. The summed E-state index contributed by atoms with van der Waals surface area (Å²) < 4.78 is 15.4. The van der Waals surface area contributed by atoms with Gasteiger partial charge in [0.05, 0.1) is 49.7 Å². The number of carboxylic acid groups (broad SMARTS) is 1. The summed E-state index contributed by atoms with van der Waals surface area (Å²) in [5.74, 6) is -3.34. The molecule has 3 N–H and O–H groups in total. The highest BCUT2D eigenvalue weighted by molar-refractivity contribution is 6.03. The predicted octanol–water partition coefficient (Wildman–Crippen LogP) is 6.94. The fourth-order valence-electron chi connectivity index (χ4n) is 7.69. The van der Waals surface area contributed by atoms with Crippen LogP contribution in [-0.2, 0) is 39.8 Å². The largest absolute Gasteiger partial charge is 0.481 e.